The minimum Gasteiger partial charge on any atom is -0.312 e. The molecule has 1 aromatic rings. The summed E-state index contributed by atoms with van der Waals surface area (Å²) in [6.07, 6.45) is 2.85. The van der Waals surface area contributed by atoms with Crippen molar-refractivity contribution >= 4 is 11.6 Å². The molecular weight excluding hydrogens is 198 g/mol. The molecule has 0 spiro atoms. The molecule has 0 bridgehead atoms. The predicted molar refractivity (Wildman–Crippen MR) is 66.7 cm³/mol. The highest BCUT2D eigenvalue weighted by Crippen LogP contribution is 2.25. The molecule has 86 valence electrons. The maximum atomic E-state index is 11.6. The topological polar surface area (TPSA) is 20.3 Å². The fourth-order valence-electron chi connectivity index (χ4n) is 2.14. The summed E-state index contributed by atoms with van der Waals surface area (Å²) in [6.45, 7) is 5.31. The molecule has 1 atom stereocenters. The van der Waals surface area contributed by atoms with Crippen LogP contribution in [0.15, 0.2) is 24.3 Å². The summed E-state index contributed by atoms with van der Waals surface area (Å²) in [5.74, 6) is 0.861. The number of benzene rings is 1. The quantitative estimate of drug-likeness (QED) is 0.760. The number of carbonyl (C=O) groups excluding carboxylic acids is 1. The second-order valence-corrected chi connectivity index (χ2v) is 4.55. The highest BCUT2D eigenvalue weighted by molar-refractivity contribution is 5.95. The van der Waals surface area contributed by atoms with Gasteiger partial charge in [-0.3, -0.25) is 4.79 Å². The van der Waals surface area contributed by atoms with E-state index in [4.69, 9.17) is 0 Å². The molecule has 2 heteroatoms. The van der Waals surface area contributed by atoms with Crippen LogP contribution in [0.5, 0.6) is 0 Å². The number of amides is 1. The van der Waals surface area contributed by atoms with Crippen LogP contribution in [-0.4, -0.2) is 12.5 Å². The molecule has 1 aromatic carbocycles. The van der Waals surface area contributed by atoms with Crippen LogP contribution in [0, 0.1) is 0 Å². The zero-order valence-corrected chi connectivity index (χ0v) is 10.1. The molecule has 0 radical (unpaired) electrons. The highest BCUT2D eigenvalue weighted by Gasteiger charge is 2.21. The zero-order chi connectivity index (χ0) is 11.5. The highest BCUT2D eigenvalue weighted by atomic mass is 16.2. The summed E-state index contributed by atoms with van der Waals surface area (Å²) in [5, 5.41) is 0. The van der Waals surface area contributed by atoms with E-state index in [1.165, 1.54) is 5.56 Å². The van der Waals surface area contributed by atoms with Gasteiger partial charge in [0.2, 0.25) is 5.91 Å². The van der Waals surface area contributed by atoms with E-state index in [0.717, 1.165) is 25.1 Å². The third-order valence-corrected chi connectivity index (χ3v) is 3.46. The Morgan fingerprint density at radius 2 is 2.00 bits per heavy atom. The van der Waals surface area contributed by atoms with E-state index in [9.17, 15) is 4.79 Å². The lowest BCUT2D eigenvalue weighted by atomic mass is 9.98. The van der Waals surface area contributed by atoms with Crippen molar-refractivity contribution in [2.45, 2.75) is 39.0 Å². The first-order valence-electron chi connectivity index (χ1n) is 6.12. The first kappa shape index (κ1) is 11.2. The Morgan fingerprint density at radius 3 is 2.50 bits per heavy atom. The van der Waals surface area contributed by atoms with Crippen molar-refractivity contribution < 1.29 is 4.79 Å². The Hall–Kier alpha value is -1.31. The number of anilines is 1. The van der Waals surface area contributed by atoms with Crippen molar-refractivity contribution in [3.8, 4) is 0 Å². The van der Waals surface area contributed by atoms with E-state index in [2.05, 4.69) is 38.1 Å². The molecule has 1 unspecified atom stereocenters. The van der Waals surface area contributed by atoms with Crippen molar-refractivity contribution in [1.82, 2.24) is 0 Å². The molecule has 0 N–H and O–H groups in total. The summed E-state index contributed by atoms with van der Waals surface area (Å²) in [7, 11) is 0. The fraction of sp³-hybridized carbons (Fsp3) is 0.500. The molecule has 0 aromatic heterocycles. The largest absolute Gasteiger partial charge is 0.312 e. The first-order chi connectivity index (χ1) is 7.72. The van der Waals surface area contributed by atoms with Gasteiger partial charge in [0, 0.05) is 18.7 Å². The monoisotopic (exact) mass is 217 g/mol. The molecule has 0 aliphatic carbocycles. The normalized spacial score (nSPS) is 17.9. The molecule has 1 amide bonds. The number of hydrogen-bond donors (Lipinski definition) is 0. The number of nitrogens with zero attached hydrogens (tertiary/aromatic N) is 1. The van der Waals surface area contributed by atoms with Crippen molar-refractivity contribution in [3.63, 3.8) is 0 Å². The maximum Gasteiger partial charge on any atom is 0.227 e. The van der Waals surface area contributed by atoms with Gasteiger partial charge >= 0.3 is 0 Å². The van der Waals surface area contributed by atoms with Crippen LogP contribution in [0.2, 0.25) is 0 Å². The van der Waals surface area contributed by atoms with E-state index in [-0.39, 0.29) is 5.91 Å². The van der Waals surface area contributed by atoms with Gasteiger partial charge in [-0.1, -0.05) is 26.0 Å². The van der Waals surface area contributed by atoms with Crippen LogP contribution in [0.1, 0.15) is 44.6 Å². The van der Waals surface area contributed by atoms with Gasteiger partial charge in [0.1, 0.15) is 0 Å². The van der Waals surface area contributed by atoms with Gasteiger partial charge in [-0.15, -0.1) is 0 Å². The predicted octanol–water partition coefficient (Wildman–Crippen LogP) is 3.33. The number of hydrogen-bond acceptors (Lipinski definition) is 1. The molecule has 1 aliphatic rings. The Bertz CT molecular complexity index is 369. The Labute approximate surface area is 97.3 Å². The summed E-state index contributed by atoms with van der Waals surface area (Å²) in [6, 6.07) is 8.44. The Morgan fingerprint density at radius 1 is 1.31 bits per heavy atom. The average molecular weight is 217 g/mol. The van der Waals surface area contributed by atoms with Gasteiger partial charge in [0.25, 0.3) is 0 Å². The number of rotatable bonds is 3. The lowest BCUT2D eigenvalue weighted by Crippen LogP contribution is -2.23. The van der Waals surface area contributed by atoms with Crippen molar-refractivity contribution in [1.29, 1.82) is 0 Å². The summed E-state index contributed by atoms with van der Waals surface area (Å²) in [4.78, 5) is 13.5. The molecular formula is C14H19NO. The van der Waals surface area contributed by atoms with Crippen LogP contribution >= 0.6 is 0 Å². The van der Waals surface area contributed by atoms with Gasteiger partial charge < -0.3 is 4.90 Å². The second-order valence-electron chi connectivity index (χ2n) is 4.55. The molecule has 1 aliphatic heterocycles. The van der Waals surface area contributed by atoms with Crippen LogP contribution in [-0.2, 0) is 4.79 Å². The van der Waals surface area contributed by atoms with Crippen molar-refractivity contribution in [2.75, 3.05) is 11.4 Å². The fourth-order valence-corrected chi connectivity index (χ4v) is 2.14. The minimum absolute atomic E-state index is 0.260. The van der Waals surface area contributed by atoms with E-state index in [1.807, 2.05) is 4.90 Å². The third-order valence-electron chi connectivity index (χ3n) is 3.46. The van der Waals surface area contributed by atoms with Gasteiger partial charge in [-0.25, -0.2) is 0 Å². The lowest BCUT2D eigenvalue weighted by molar-refractivity contribution is -0.117. The molecule has 0 saturated carbocycles. The zero-order valence-electron chi connectivity index (χ0n) is 10.1. The molecule has 1 fully saturated rings. The maximum absolute atomic E-state index is 11.6. The SMILES string of the molecule is CCC(C)c1ccc(N2CCCC2=O)cc1. The van der Waals surface area contributed by atoms with Crippen LogP contribution in [0.3, 0.4) is 0 Å². The van der Waals surface area contributed by atoms with Gasteiger partial charge in [-0.05, 0) is 36.5 Å². The smallest absolute Gasteiger partial charge is 0.227 e. The van der Waals surface area contributed by atoms with E-state index in [1.54, 1.807) is 0 Å². The molecule has 1 saturated heterocycles. The van der Waals surface area contributed by atoms with E-state index >= 15 is 0 Å². The lowest BCUT2D eigenvalue weighted by Gasteiger charge is -2.17. The molecule has 2 rings (SSSR count). The van der Waals surface area contributed by atoms with E-state index in [0.29, 0.717) is 12.3 Å². The second kappa shape index (κ2) is 4.69. The third kappa shape index (κ3) is 2.11. The van der Waals surface area contributed by atoms with Crippen molar-refractivity contribution in [3.05, 3.63) is 29.8 Å². The Kier molecular flexibility index (Phi) is 3.28. The van der Waals surface area contributed by atoms with Gasteiger partial charge in [0.05, 0.1) is 0 Å². The average Bonchev–Trinajstić information content (AvgIpc) is 2.75. The van der Waals surface area contributed by atoms with Gasteiger partial charge in [0.15, 0.2) is 0 Å². The summed E-state index contributed by atoms with van der Waals surface area (Å²) >= 11 is 0. The van der Waals surface area contributed by atoms with Crippen LogP contribution in [0.4, 0.5) is 5.69 Å². The molecule has 16 heavy (non-hydrogen) atoms. The van der Waals surface area contributed by atoms with E-state index < -0.39 is 0 Å². The number of carbonyl (C=O) groups is 1. The standard InChI is InChI=1S/C14H19NO/c1-3-11(2)12-6-8-13(9-7-12)15-10-4-5-14(15)16/h6-9,11H,3-5,10H2,1-2H3. The summed E-state index contributed by atoms with van der Waals surface area (Å²) in [5.41, 5.74) is 2.41. The van der Waals surface area contributed by atoms with Gasteiger partial charge in [-0.2, -0.15) is 0 Å². The summed E-state index contributed by atoms with van der Waals surface area (Å²) < 4.78 is 0. The van der Waals surface area contributed by atoms with Crippen LogP contribution < -0.4 is 4.90 Å². The van der Waals surface area contributed by atoms with Crippen molar-refractivity contribution in [2.24, 2.45) is 0 Å². The first-order valence-corrected chi connectivity index (χ1v) is 6.12. The molecule has 2 nitrogen and oxygen atoms in total. The molecule has 1 heterocycles. The Balaban J connectivity index is 2.15. The van der Waals surface area contributed by atoms with Crippen LogP contribution in [0.25, 0.3) is 0 Å². The minimum atomic E-state index is 0.260.